The number of hydrogen-bond acceptors (Lipinski definition) is 5. The molecule has 0 spiro atoms. The topological polar surface area (TPSA) is 70.6 Å². The number of amides is 1. The number of benzene rings is 1. The van der Waals surface area contributed by atoms with E-state index in [1.165, 1.54) is 5.56 Å². The van der Waals surface area contributed by atoms with E-state index in [-0.39, 0.29) is 23.5 Å². The summed E-state index contributed by atoms with van der Waals surface area (Å²) in [4.78, 5) is 20.9. The van der Waals surface area contributed by atoms with Crippen molar-refractivity contribution in [3.8, 4) is 0 Å². The summed E-state index contributed by atoms with van der Waals surface area (Å²) in [5, 5.41) is 0. The van der Waals surface area contributed by atoms with Crippen LogP contribution in [0.5, 0.6) is 0 Å². The van der Waals surface area contributed by atoms with Crippen LogP contribution in [0.15, 0.2) is 42.6 Å². The maximum Gasteiger partial charge on any atom is 0.259 e. The fourth-order valence-corrected chi connectivity index (χ4v) is 5.47. The Kier molecular flexibility index (Phi) is 4.19. The van der Waals surface area contributed by atoms with Crippen LogP contribution >= 0.6 is 0 Å². The van der Waals surface area contributed by atoms with Crippen LogP contribution in [0, 0.1) is 0 Å². The molecular formula is C19H21N3O3S. The molecule has 0 bridgehead atoms. The standard InChI is InChI=1S/C19H21N3O3S/c1-21(16-9-11-26(24,25)13-16)18-7-6-15(12-20-18)19(23)22-10-8-14-4-2-3-5-17(14)22/h2-7,12,16H,8-11,13H2,1H3. The molecule has 1 unspecified atom stereocenters. The minimum atomic E-state index is -2.94. The van der Waals surface area contributed by atoms with Crippen LogP contribution in [-0.4, -0.2) is 50.4 Å². The van der Waals surface area contributed by atoms with Gasteiger partial charge in [0, 0.05) is 31.5 Å². The SMILES string of the molecule is CN(c1ccc(C(=O)N2CCc3ccccc32)cn1)C1CCS(=O)(=O)C1. The number of carbonyl (C=O) groups is 1. The highest BCUT2D eigenvalue weighted by Gasteiger charge is 2.31. The average molecular weight is 371 g/mol. The Morgan fingerprint density at radius 1 is 1.23 bits per heavy atom. The van der Waals surface area contributed by atoms with Crippen LogP contribution in [0.1, 0.15) is 22.3 Å². The lowest BCUT2D eigenvalue weighted by Crippen LogP contribution is -2.33. The molecule has 1 saturated heterocycles. The molecule has 0 saturated carbocycles. The van der Waals surface area contributed by atoms with E-state index in [1.54, 1.807) is 23.2 Å². The number of para-hydroxylation sites is 1. The highest BCUT2D eigenvalue weighted by atomic mass is 32.2. The summed E-state index contributed by atoms with van der Waals surface area (Å²) in [5.74, 6) is 1.02. The molecule has 1 aromatic carbocycles. The van der Waals surface area contributed by atoms with E-state index in [0.717, 1.165) is 12.1 Å². The fourth-order valence-electron chi connectivity index (χ4n) is 3.69. The van der Waals surface area contributed by atoms with E-state index in [0.29, 0.717) is 24.3 Å². The van der Waals surface area contributed by atoms with Crippen molar-refractivity contribution in [3.63, 3.8) is 0 Å². The van der Waals surface area contributed by atoms with Crippen molar-refractivity contribution in [2.75, 3.05) is 34.9 Å². The fraction of sp³-hybridized carbons (Fsp3) is 0.368. The minimum Gasteiger partial charge on any atom is -0.356 e. The van der Waals surface area contributed by atoms with E-state index in [2.05, 4.69) is 11.1 Å². The van der Waals surface area contributed by atoms with Crippen LogP contribution in [0.3, 0.4) is 0 Å². The summed E-state index contributed by atoms with van der Waals surface area (Å²) in [6, 6.07) is 11.5. The molecule has 7 heteroatoms. The number of carbonyl (C=O) groups excluding carboxylic acids is 1. The molecule has 0 N–H and O–H groups in total. The highest BCUT2D eigenvalue weighted by Crippen LogP contribution is 2.29. The van der Waals surface area contributed by atoms with E-state index >= 15 is 0 Å². The van der Waals surface area contributed by atoms with Gasteiger partial charge < -0.3 is 9.80 Å². The van der Waals surface area contributed by atoms with E-state index < -0.39 is 9.84 Å². The first-order chi connectivity index (χ1) is 12.4. The molecule has 1 amide bonds. The Hall–Kier alpha value is -2.41. The van der Waals surface area contributed by atoms with E-state index in [9.17, 15) is 13.2 Å². The van der Waals surface area contributed by atoms with Gasteiger partial charge in [0.15, 0.2) is 9.84 Å². The number of hydrogen-bond donors (Lipinski definition) is 0. The number of pyridine rings is 1. The van der Waals surface area contributed by atoms with Gasteiger partial charge in [-0.15, -0.1) is 0 Å². The van der Waals surface area contributed by atoms with Gasteiger partial charge in [-0.3, -0.25) is 4.79 Å². The van der Waals surface area contributed by atoms with Crippen molar-refractivity contribution < 1.29 is 13.2 Å². The number of anilines is 2. The molecule has 3 heterocycles. The van der Waals surface area contributed by atoms with Crippen LogP contribution in [0.25, 0.3) is 0 Å². The molecular weight excluding hydrogens is 350 g/mol. The van der Waals surface area contributed by atoms with Crippen LogP contribution < -0.4 is 9.80 Å². The lowest BCUT2D eigenvalue weighted by atomic mass is 10.2. The minimum absolute atomic E-state index is 0.0555. The van der Waals surface area contributed by atoms with Gasteiger partial charge in [0.05, 0.1) is 17.1 Å². The van der Waals surface area contributed by atoms with Crippen LogP contribution in [0.4, 0.5) is 11.5 Å². The smallest absolute Gasteiger partial charge is 0.259 e. The van der Waals surface area contributed by atoms with Gasteiger partial charge in [0.25, 0.3) is 5.91 Å². The largest absolute Gasteiger partial charge is 0.356 e. The van der Waals surface area contributed by atoms with Crippen molar-refractivity contribution in [1.82, 2.24) is 4.98 Å². The third kappa shape index (κ3) is 3.07. The summed E-state index contributed by atoms with van der Waals surface area (Å²) in [5.41, 5.74) is 2.69. The van der Waals surface area contributed by atoms with E-state index in [1.807, 2.05) is 30.1 Å². The third-order valence-electron chi connectivity index (χ3n) is 5.24. The molecule has 2 aliphatic rings. The quantitative estimate of drug-likeness (QED) is 0.824. The van der Waals surface area contributed by atoms with Gasteiger partial charge in [0.2, 0.25) is 0 Å². The molecule has 26 heavy (non-hydrogen) atoms. The molecule has 1 atom stereocenters. The first kappa shape index (κ1) is 17.0. The van der Waals surface area contributed by atoms with Gasteiger partial charge >= 0.3 is 0 Å². The Labute approximate surface area is 153 Å². The third-order valence-corrected chi connectivity index (χ3v) is 6.99. The Bertz CT molecular complexity index is 941. The summed E-state index contributed by atoms with van der Waals surface area (Å²) in [6.07, 6.45) is 3.07. The highest BCUT2D eigenvalue weighted by molar-refractivity contribution is 7.91. The number of sulfone groups is 1. The molecule has 1 aromatic heterocycles. The molecule has 0 aliphatic carbocycles. The predicted octanol–water partition coefficient (Wildman–Crippen LogP) is 1.91. The van der Waals surface area contributed by atoms with Crippen LogP contribution in [0.2, 0.25) is 0 Å². The Morgan fingerprint density at radius 3 is 2.73 bits per heavy atom. The maximum absolute atomic E-state index is 12.8. The zero-order chi connectivity index (χ0) is 18.3. The lowest BCUT2D eigenvalue weighted by Gasteiger charge is -2.24. The van der Waals surface area contributed by atoms with Gasteiger partial charge in [-0.1, -0.05) is 18.2 Å². The molecule has 4 rings (SSSR count). The second-order valence-corrected chi connectivity index (χ2v) is 9.14. The molecule has 1 fully saturated rings. The normalized spacial score (nSPS) is 20.8. The zero-order valence-corrected chi connectivity index (χ0v) is 15.4. The summed E-state index contributed by atoms with van der Waals surface area (Å²) < 4.78 is 23.3. The number of nitrogens with zero attached hydrogens (tertiary/aromatic N) is 3. The molecule has 6 nitrogen and oxygen atoms in total. The molecule has 136 valence electrons. The zero-order valence-electron chi connectivity index (χ0n) is 14.6. The molecule has 2 aromatic rings. The Balaban J connectivity index is 1.51. The second kappa shape index (κ2) is 6.39. The monoisotopic (exact) mass is 371 g/mol. The summed E-state index contributed by atoms with van der Waals surface area (Å²) in [6.45, 7) is 0.680. The van der Waals surface area contributed by atoms with Gasteiger partial charge in [0.1, 0.15) is 5.82 Å². The van der Waals surface area contributed by atoms with Crippen molar-refractivity contribution in [1.29, 1.82) is 0 Å². The van der Waals surface area contributed by atoms with Crippen LogP contribution in [-0.2, 0) is 16.3 Å². The first-order valence-corrected chi connectivity index (χ1v) is 10.6. The molecule has 2 aliphatic heterocycles. The number of rotatable bonds is 3. The number of aromatic nitrogens is 1. The average Bonchev–Trinajstić information content (AvgIpc) is 3.24. The second-order valence-electron chi connectivity index (χ2n) is 6.91. The first-order valence-electron chi connectivity index (χ1n) is 8.74. The Morgan fingerprint density at radius 2 is 2.04 bits per heavy atom. The van der Waals surface area contributed by atoms with Crippen molar-refractivity contribution >= 4 is 27.2 Å². The van der Waals surface area contributed by atoms with E-state index in [4.69, 9.17) is 0 Å². The lowest BCUT2D eigenvalue weighted by molar-refractivity contribution is 0.0989. The predicted molar refractivity (Wildman–Crippen MR) is 102 cm³/mol. The summed E-state index contributed by atoms with van der Waals surface area (Å²) >= 11 is 0. The van der Waals surface area contributed by atoms with Crippen molar-refractivity contribution in [2.24, 2.45) is 0 Å². The van der Waals surface area contributed by atoms with Crippen molar-refractivity contribution in [2.45, 2.75) is 18.9 Å². The summed E-state index contributed by atoms with van der Waals surface area (Å²) in [7, 11) is -1.09. The molecule has 0 radical (unpaired) electrons. The number of fused-ring (bicyclic) bond motifs is 1. The van der Waals surface area contributed by atoms with Gasteiger partial charge in [-0.05, 0) is 36.6 Å². The van der Waals surface area contributed by atoms with Gasteiger partial charge in [-0.25, -0.2) is 13.4 Å². The maximum atomic E-state index is 12.8. The van der Waals surface area contributed by atoms with Crippen molar-refractivity contribution in [3.05, 3.63) is 53.7 Å². The van der Waals surface area contributed by atoms with Gasteiger partial charge in [-0.2, -0.15) is 0 Å².